The zero-order valence-corrected chi connectivity index (χ0v) is 27.5. The molecule has 2 aliphatic rings. The molecule has 2 fully saturated rings. The highest BCUT2D eigenvalue weighted by molar-refractivity contribution is 5.94. The number of aromatic nitrogens is 7. The van der Waals surface area contributed by atoms with Crippen molar-refractivity contribution in [2.45, 2.75) is 63.2 Å². The first-order valence-corrected chi connectivity index (χ1v) is 17.0. The van der Waals surface area contributed by atoms with Crippen LogP contribution in [-0.2, 0) is 11.3 Å². The second-order valence-electron chi connectivity index (χ2n) is 12.5. The number of fused-ring (bicyclic) bond motifs is 1. The Kier molecular flexibility index (Phi) is 9.89. The van der Waals surface area contributed by atoms with Crippen LogP contribution in [0.3, 0.4) is 0 Å². The van der Waals surface area contributed by atoms with Gasteiger partial charge in [0.2, 0.25) is 5.82 Å². The molecule has 2 aliphatic heterocycles. The van der Waals surface area contributed by atoms with Gasteiger partial charge in [0.05, 0.1) is 6.33 Å². The Balaban J connectivity index is 1.20. The lowest BCUT2D eigenvalue weighted by atomic mass is 9.91. The smallest absolute Gasteiger partial charge is 0.289 e. The number of piperidine rings is 1. The number of carbonyl (C=O) groups excluding carboxylic acids is 1. The predicted molar refractivity (Wildman–Crippen MR) is 182 cm³/mol. The average molecular weight is 667 g/mol. The molecular formula is C35H42N10O4. The summed E-state index contributed by atoms with van der Waals surface area (Å²) in [6.07, 6.45) is 1.92. The first-order chi connectivity index (χ1) is 24.0. The average Bonchev–Trinajstić information content (AvgIpc) is 3.87. The molecule has 4 unspecified atom stereocenters. The minimum absolute atomic E-state index is 0.0253. The minimum atomic E-state index is -1.34. The van der Waals surface area contributed by atoms with Gasteiger partial charge in [-0.25, -0.2) is 19.9 Å². The number of benzene rings is 2. The van der Waals surface area contributed by atoms with Gasteiger partial charge < -0.3 is 30.5 Å². The Morgan fingerprint density at radius 1 is 0.939 bits per heavy atom. The van der Waals surface area contributed by atoms with E-state index in [1.54, 1.807) is 11.0 Å². The van der Waals surface area contributed by atoms with Crippen molar-refractivity contribution in [3.05, 3.63) is 96.1 Å². The van der Waals surface area contributed by atoms with Crippen LogP contribution in [0.15, 0.2) is 73.3 Å². The lowest BCUT2D eigenvalue weighted by molar-refractivity contribution is -0.0383. The Labute approximate surface area is 284 Å². The molecule has 4 N–H and O–H groups in total. The molecule has 256 valence electrons. The molecule has 2 aromatic carbocycles. The summed E-state index contributed by atoms with van der Waals surface area (Å²) in [7, 11) is 0. The molecule has 3 aromatic heterocycles. The molecule has 14 nitrogen and oxygen atoms in total. The highest BCUT2D eigenvalue weighted by Crippen LogP contribution is 2.39. The number of nitrogens with zero attached hydrogens (tertiary/aromatic N) is 8. The van der Waals surface area contributed by atoms with Gasteiger partial charge in [-0.1, -0.05) is 67.1 Å². The Hall–Kier alpha value is -4.76. The number of likely N-dealkylation sites (tertiary alicyclic amines) is 1. The van der Waals surface area contributed by atoms with E-state index < -0.39 is 30.4 Å². The van der Waals surface area contributed by atoms with E-state index in [-0.39, 0.29) is 23.2 Å². The van der Waals surface area contributed by atoms with Crippen LogP contribution in [0, 0.1) is 0 Å². The molecule has 0 saturated carbocycles. The number of aliphatic hydroxyl groups excluding tert-OH is 2. The minimum Gasteiger partial charge on any atom is -0.387 e. The summed E-state index contributed by atoms with van der Waals surface area (Å²) in [5, 5.41) is 33.0. The number of carbonyl (C=O) groups is 1. The largest absolute Gasteiger partial charge is 0.387 e. The standard InChI is InChI=1S/C35H42N10O4/c1-2-44-21-39-31(42-44)29-27(46)28(47)35(49-29)45-22-38-26-30(37-20-25(23-12-6-3-7-13-23)24-14-8-4-9-15-24)40-32(41-33(26)45)34(48)36-16-19-43-17-10-5-11-18-43/h3-4,6-9,12-15,21-22,25,27-29,35,46-47H,2,5,10-11,16-20H2,1H3,(H,36,48)(H,37,40,41). The lowest BCUT2D eigenvalue weighted by Gasteiger charge is -2.26. The topological polar surface area (TPSA) is 168 Å². The summed E-state index contributed by atoms with van der Waals surface area (Å²) < 4.78 is 9.32. The number of amides is 1. The van der Waals surface area contributed by atoms with E-state index in [0.717, 1.165) is 30.8 Å². The molecule has 0 aliphatic carbocycles. The summed E-state index contributed by atoms with van der Waals surface area (Å²) in [4.78, 5) is 34.1. The highest BCUT2D eigenvalue weighted by Gasteiger charge is 2.47. The summed E-state index contributed by atoms with van der Waals surface area (Å²) in [5.41, 5.74) is 2.91. The van der Waals surface area contributed by atoms with E-state index in [9.17, 15) is 15.0 Å². The van der Waals surface area contributed by atoms with E-state index in [1.807, 2.05) is 43.3 Å². The van der Waals surface area contributed by atoms with Gasteiger partial charge >= 0.3 is 0 Å². The normalized spacial score (nSPS) is 21.4. The SMILES string of the molecule is CCn1cnc(C2OC(n3cnc4c(NCC(c5ccccc5)c5ccccc5)nc(C(=O)NCCN5CCCCC5)nc43)C(O)C2O)n1. The fraction of sp³-hybridized carbons (Fsp3) is 0.429. The van der Waals surface area contributed by atoms with Crippen LogP contribution in [0.2, 0.25) is 0 Å². The molecule has 0 radical (unpaired) electrons. The van der Waals surface area contributed by atoms with Crippen LogP contribution in [0.4, 0.5) is 5.82 Å². The number of imidazole rings is 1. The van der Waals surface area contributed by atoms with Crippen LogP contribution in [-0.4, -0.2) is 100 Å². The molecule has 7 rings (SSSR count). The maximum Gasteiger partial charge on any atom is 0.289 e. The third-order valence-electron chi connectivity index (χ3n) is 9.31. The van der Waals surface area contributed by atoms with E-state index >= 15 is 0 Å². The van der Waals surface area contributed by atoms with Crippen LogP contribution < -0.4 is 10.6 Å². The first-order valence-electron chi connectivity index (χ1n) is 17.0. The van der Waals surface area contributed by atoms with Gasteiger partial charge in [0.25, 0.3) is 5.91 Å². The van der Waals surface area contributed by atoms with Crippen molar-refractivity contribution in [1.82, 2.24) is 44.5 Å². The molecule has 1 amide bonds. The molecule has 49 heavy (non-hydrogen) atoms. The van der Waals surface area contributed by atoms with Gasteiger partial charge in [-0.05, 0) is 44.0 Å². The molecule has 0 bridgehead atoms. The monoisotopic (exact) mass is 666 g/mol. The van der Waals surface area contributed by atoms with E-state index in [0.29, 0.717) is 31.0 Å². The maximum atomic E-state index is 13.6. The molecule has 14 heteroatoms. The number of ether oxygens (including phenoxy) is 1. The van der Waals surface area contributed by atoms with Gasteiger partial charge in [0.1, 0.15) is 18.5 Å². The molecular weight excluding hydrogens is 624 g/mol. The van der Waals surface area contributed by atoms with Crippen molar-refractivity contribution in [2.75, 3.05) is 38.0 Å². The predicted octanol–water partition coefficient (Wildman–Crippen LogP) is 2.89. The van der Waals surface area contributed by atoms with Crippen molar-refractivity contribution in [3.63, 3.8) is 0 Å². The van der Waals surface area contributed by atoms with Gasteiger partial charge in [0.15, 0.2) is 35.1 Å². The van der Waals surface area contributed by atoms with Gasteiger partial charge in [0, 0.05) is 32.1 Å². The van der Waals surface area contributed by atoms with Gasteiger partial charge in [-0.15, -0.1) is 0 Å². The summed E-state index contributed by atoms with van der Waals surface area (Å²) in [6, 6.07) is 20.4. The van der Waals surface area contributed by atoms with Crippen LogP contribution in [0.25, 0.3) is 11.2 Å². The molecule has 0 spiro atoms. The first kappa shape index (κ1) is 32.8. The summed E-state index contributed by atoms with van der Waals surface area (Å²) >= 11 is 0. The van der Waals surface area contributed by atoms with Crippen molar-refractivity contribution in [2.24, 2.45) is 0 Å². The number of aliphatic hydroxyl groups is 2. The summed E-state index contributed by atoms with van der Waals surface area (Å²) in [5.74, 6) is 0.146. The maximum absolute atomic E-state index is 13.6. The fourth-order valence-electron chi connectivity index (χ4n) is 6.61. The fourth-order valence-corrected chi connectivity index (χ4v) is 6.61. The van der Waals surface area contributed by atoms with Crippen molar-refractivity contribution in [1.29, 1.82) is 0 Å². The second kappa shape index (κ2) is 14.8. The Bertz CT molecular complexity index is 1800. The Morgan fingerprint density at radius 2 is 1.65 bits per heavy atom. The van der Waals surface area contributed by atoms with E-state index in [1.165, 1.54) is 30.2 Å². The van der Waals surface area contributed by atoms with E-state index in [4.69, 9.17) is 4.74 Å². The van der Waals surface area contributed by atoms with Crippen molar-refractivity contribution < 1.29 is 19.7 Å². The van der Waals surface area contributed by atoms with Crippen LogP contribution >= 0.6 is 0 Å². The summed E-state index contributed by atoms with van der Waals surface area (Å²) in [6.45, 7) is 6.24. The number of hydrogen-bond acceptors (Lipinski definition) is 11. The number of anilines is 1. The zero-order chi connectivity index (χ0) is 33.7. The Morgan fingerprint density at radius 3 is 2.33 bits per heavy atom. The van der Waals surface area contributed by atoms with E-state index in [2.05, 4.69) is 64.8 Å². The van der Waals surface area contributed by atoms with Crippen LogP contribution in [0.1, 0.15) is 72.0 Å². The lowest BCUT2D eigenvalue weighted by Crippen LogP contribution is -2.38. The molecule has 2 saturated heterocycles. The van der Waals surface area contributed by atoms with Crippen LogP contribution in [0.5, 0.6) is 0 Å². The number of hydrogen-bond donors (Lipinski definition) is 4. The number of nitrogens with one attached hydrogen (secondary N) is 2. The molecule has 4 atom stereocenters. The number of rotatable bonds is 12. The quantitative estimate of drug-likeness (QED) is 0.155. The van der Waals surface area contributed by atoms with Gasteiger partial charge in [-0.3, -0.25) is 14.0 Å². The highest BCUT2D eigenvalue weighted by atomic mass is 16.6. The van der Waals surface area contributed by atoms with Gasteiger partial charge in [-0.2, -0.15) is 5.10 Å². The number of aryl methyl sites for hydroxylation is 1. The third-order valence-corrected chi connectivity index (χ3v) is 9.31. The molecule has 5 aromatic rings. The molecule has 5 heterocycles. The zero-order valence-electron chi connectivity index (χ0n) is 27.5. The van der Waals surface area contributed by atoms with Crippen molar-refractivity contribution in [3.8, 4) is 0 Å². The van der Waals surface area contributed by atoms with Crippen molar-refractivity contribution >= 4 is 22.9 Å². The second-order valence-corrected chi connectivity index (χ2v) is 12.5. The third kappa shape index (κ3) is 7.04.